The van der Waals surface area contributed by atoms with Crippen LogP contribution < -0.4 is 5.56 Å². The van der Waals surface area contributed by atoms with E-state index in [9.17, 15) is 34.2 Å². The zero-order chi connectivity index (χ0) is 22.9. The van der Waals surface area contributed by atoms with E-state index in [2.05, 4.69) is 25.7 Å². The third-order valence-corrected chi connectivity index (χ3v) is 6.78. The van der Waals surface area contributed by atoms with Crippen molar-refractivity contribution in [1.82, 2.24) is 9.55 Å². The zero-order valence-electron chi connectivity index (χ0n) is 16.4. The summed E-state index contributed by atoms with van der Waals surface area (Å²) in [7, 11) is -4.98. The quantitative estimate of drug-likeness (QED) is 0.298. The summed E-state index contributed by atoms with van der Waals surface area (Å²) >= 11 is 3.31. The molecule has 13 heteroatoms. The zero-order valence-corrected chi connectivity index (χ0v) is 18.8. The lowest BCUT2D eigenvalue weighted by atomic mass is 10.1. The van der Waals surface area contributed by atoms with Gasteiger partial charge in [0.15, 0.2) is 0 Å². The maximum absolute atomic E-state index is 13.0. The van der Waals surface area contributed by atoms with Crippen LogP contribution in [-0.4, -0.2) is 66.8 Å². The topological polar surface area (TPSA) is 168 Å². The van der Waals surface area contributed by atoms with Crippen molar-refractivity contribution in [3.05, 3.63) is 39.4 Å². The molecule has 1 aliphatic rings. The van der Waals surface area contributed by atoms with Gasteiger partial charge in [-0.25, -0.2) is 9.78 Å². The molecule has 1 fully saturated rings. The molecule has 4 N–H and O–H groups in total. The SMILES string of the molecule is CCOC(=O)[C@H](OC[C@H]1C[C@@H](n2cnc3cccc(Br)c3c2=O)[C@H](O)[C@@H]1O)P(=O)(O)O. The molecule has 0 bridgehead atoms. The molecule has 0 saturated heterocycles. The van der Waals surface area contributed by atoms with Crippen LogP contribution in [-0.2, 0) is 18.8 Å². The van der Waals surface area contributed by atoms with Gasteiger partial charge in [0.2, 0.25) is 0 Å². The minimum absolute atomic E-state index is 0.0522. The maximum atomic E-state index is 13.0. The molecule has 1 aromatic carbocycles. The highest BCUT2D eigenvalue weighted by Crippen LogP contribution is 2.44. The predicted octanol–water partition coefficient (Wildman–Crippen LogP) is 0.525. The number of rotatable bonds is 7. The average Bonchev–Trinajstić information content (AvgIpc) is 2.96. The highest BCUT2D eigenvalue weighted by molar-refractivity contribution is 9.10. The predicted molar refractivity (Wildman–Crippen MR) is 111 cm³/mol. The average molecular weight is 521 g/mol. The Balaban J connectivity index is 1.82. The number of hydrogen-bond acceptors (Lipinski definition) is 8. The van der Waals surface area contributed by atoms with Gasteiger partial charge in [0.05, 0.1) is 42.6 Å². The number of fused-ring (bicyclic) bond motifs is 1. The molecule has 3 rings (SSSR count). The van der Waals surface area contributed by atoms with Crippen molar-refractivity contribution < 1.29 is 38.8 Å². The van der Waals surface area contributed by atoms with Crippen molar-refractivity contribution in [2.45, 2.75) is 37.4 Å². The number of carbonyl (C=O) groups is 1. The summed E-state index contributed by atoms with van der Waals surface area (Å²) in [4.78, 5) is 47.8. The Bertz CT molecular complexity index is 1070. The van der Waals surface area contributed by atoms with E-state index in [4.69, 9.17) is 4.74 Å². The van der Waals surface area contributed by atoms with E-state index in [0.717, 1.165) is 0 Å². The van der Waals surface area contributed by atoms with Crippen LogP contribution in [0.4, 0.5) is 0 Å². The van der Waals surface area contributed by atoms with E-state index in [1.54, 1.807) is 18.2 Å². The number of halogens is 1. The van der Waals surface area contributed by atoms with Gasteiger partial charge in [-0.2, -0.15) is 0 Å². The molecule has 0 unspecified atom stereocenters. The minimum Gasteiger partial charge on any atom is -0.464 e. The number of carbonyl (C=O) groups excluding carboxylic acids is 1. The summed E-state index contributed by atoms with van der Waals surface area (Å²) in [6.07, 6.45) is -1.38. The lowest BCUT2D eigenvalue weighted by Crippen LogP contribution is -2.35. The summed E-state index contributed by atoms with van der Waals surface area (Å²) in [5.41, 5.74) is 0.0392. The van der Waals surface area contributed by atoms with Gasteiger partial charge in [-0.1, -0.05) is 6.07 Å². The number of aromatic nitrogens is 2. The van der Waals surface area contributed by atoms with E-state index in [-0.39, 0.29) is 13.0 Å². The van der Waals surface area contributed by atoms with Gasteiger partial charge in [-0.3, -0.25) is 13.9 Å². The summed E-state index contributed by atoms with van der Waals surface area (Å²) in [6.45, 7) is 0.936. The standard InChI is InChI=1S/C18H22BrN2O9P/c1-2-29-17(25)18(31(26,27)28)30-7-9-6-12(15(23)14(9)22)21-8-20-11-5-3-4-10(19)13(11)16(21)24/h3-5,8-9,12,14-15,18,22-23H,2,6-7H2,1H3,(H2,26,27,28)/t9-,12-,14-,15+,18-/m1/s1. The molecule has 170 valence electrons. The fourth-order valence-electron chi connectivity index (χ4n) is 3.65. The summed E-state index contributed by atoms with van der Waals surface area (Å²) < 4.78 is 23.1. The largest absolute Gasteiger partial charge is 0.464 e. The van der Waals surface area contributed by atoms with E-state index in [0.29, 0.717) is 15.4 Å². The molecular weight excluding hydrogens is 499 g/mol. The van der Waals surface area contributed by atoms with E-state index in [1.165, 1.54) is 17.8 Å². The van der Waals surface area contributed by atoms with Crippen LogP contribution in [0.2, 0.25) is 0 Å². The van der Waals surface area contributed by atoms with Gasteiger partial charge in [-0.05, 0) is 41.4 Å². The van der Waals surface area contributed by atoms with E-state index >= 15 is 0 Å². The van der Waals surface area contributed by atoms with E-state index in [1.807, 2.05) is 0 Å². The summed E-state index contributed by atoms with van der Waals surface area (Å²) in [5.74, 6) is -4.16. The Hall–Kier alpha value is -1.66. The smallest absolute Gasteiger partial charge is 0.365 e. The van der Waals surface area contributed by atoms with Crippen molar-refractivity contribution in [1.29, 1.82) is 0 Å². The fourth-order valence-corrected chi connectivity index (χ4v) is 4.80. The monoisotopic (exact) mass is 520 g/mol. The second-order valence-corrected chi connectivity index (χ2v) is 9.66. The second-order valence-electron chi connectivity index (χ2n) is 7.16. The lowest BCUT2D eigenvalue weighted by molar-refractivity contribution is -0.153. The molecule has 5 atom stereocenters. The van der Waals surface area contributed by atoms with Crippen LogP contribution in [0.3, 0.4) is 0 Å². The third-order valence-electron chi connectivity index (χ3n) is 5.15. The molecule has 0 amide bonds. The highest BCUT2D eigenvalue weighted by Gasteiger charge is 2.45. The van der Waals surface area contributed by atoms with Crippen molar-refractivity contribution in [3.8, 4) is 0 Å². The minimum atomic E-state index is -4.98. The molecule has 1 aromatic heterocycles. The molecule has 31 heavy (non-hydrogen) atoms. The van der Waals surface area contributed by atoms with Gasteiger partial charge >= 0.3 is 13.6 Å². The molecule has 11 nitrogen and oxygen atoms in total. The Morgan fingerprint density at radius 3 is 2.71 bits per heavy atom. The molecule has 0 aliphatic heterocycles. The molecular formula is C18H22BrN2O9P. The van der Waals surface area contributed by atoms with Gasteiger partial charge in [-0.15, -0.1) is 0 Å². The van der Waals surface area contributed by atoms with Gasteiger partial charge < -0.3 is 29.5 Å². The highest BCUT2D eigenvalue weighted by atomic mass is 79.9. The summed E-state index contributed by atoms with van der Waals surface area (Å²) in [6, 6.07) is 4.23. The molecule has 0 radical (unpaired) electrons. The van der Waals surface area contributed by atoms with Gasteiger partial charge in [0.1, 0.15) is 6.10 Å². The van der Waals surface area contributed by atoms with Gasteiger partial charge in [0, 0.05) is 10.4 Å². The number of aliphatic hydroxyl groups is 2. The van der Waals surface area contributed by atoms with Crippen molar-refractivity contribution >= 4 is 40.4 Å². The van der Waals surface area contributed by atoms with Crippen LogP contribution in [0, 0.1) is 5.92 Å². The number of hydrogen-bond donors (Lipinski definition) is 4. The first-order chi connectivity index (χ1) is 14.6. The van der Waals surface area contributed by atoms with Gasteiger partial charge in [0.25, 0.3) is 11.4 Å². The fraction of sp³-hybridized carbons (Fsp3) is 0.500. The molecule has 1 aliphatic carbocycles. The molecule has 0 spiro atoms. The Kier molecular flexibility index (Phi) is 7.32. The molecule has 1 saturated carbocycles. The third kappa shape index (κ3) is 4.90. The normalized spacial score (nSPS) is 25.0. The number of esters is 1. The van der Waals surface area contributed by atoms with Crippen LogP contribution in [0.15, 0.2) is 33.8 Å². The first kappa shape index (κ1) is 24.0. The second kappa shape index (κ2) is 9.45. The van der Waals surface area contributed by atoms with Crippen LogP contribution in [0.1, 0.15) is 19.4 Å². The number of benzene rings is 1. The Morgan fingerprint density at radius 1 is 1.35 bits per heavy atom. The first-order valence-corrected chi connectivity index (χ1v) is 11.9. The maximum Gasteiger partial charge on any atom is 0.365 e. The lowest BCUT2D eigenvalue weighted by Gasteiger charge is -2.21. The van der Waals surface area contributed by atoms with Crippen molar-refractivity contribution in [3.63, 3.8) is 0 Å². The van der Waals surface area contributed by atoms with E-state index < -0.39 is 55.7 Å². The molecule has 1 heterocycles. The summed E-state index contributed by atoms with van der Waals surface area (Å²) in [5, 5.41) is 21.3. The van der Waals surface area contributed by atoms with Crippen molar-refractivity contribution in [2.24, 2.45) is 5.92 Å². The van der Waals surface area contributed by atoms with Crippen LogP contribution in [0.5, 0.6) is 0 Å². The Morgan fingerprint density at radius 2 is 2.06 bits per heavy atom. The number of ether oxygens (including phenoxy) is 2. The first-order valence-electron chi connectivity index (χ1n) is 9.41. The Labute approximate surface area is 184 Å². The number of aliphatic hydroxyl groups excluding tert-OH is 2. The van der Waals surface area contributed by atoms with Crippen molar-refractivity contribution in [2.75, 3.05) is 13.2 Å². The van der Waals surface area contributed by atoms with Crippen LogP contribution in [0.25, 0.3) is 10.9 Å². The molecule has 2 aromatic rings. The van der Waals surface area contributed by atoms with Crippen LogP contribution >= 0.6 is 23.5 Å². The number of nitrogens with zero attached hydrogens (tertiary/aromatic N) is 2.